The second-order valence-corrected chi connectivity index (χ2v) is 5.35. The van der Waals surface area contributed by atoms with Crippen LogP contribution in [-0.4, -0.2) is 9.97 Å². The largest absolute Gasteiger partial charge is 0.265 e. The number of hydrogen-bond acceptors (Lipinski definition) is 2. The van der Waals surface area contributed by atoms with Crippen LogP contribution in [0.3, 0.4) is 0 Å². The molecule has 0 aliphatic carbocycles. The van der Waals surface area contributed by atoms with Gasteiger partial charge in [-0.05, 0) is 62.8 Å². The van der Waals surface area contributed by atoms with Gasteiger partial charge in [-0.15, -0.1) is 0 Å². The Hall–Kier alpha value is -0.770. The molecule has 2 rings (SSSR count). The van der Waals surface area contributed by atoms with Crippen LogP contribution >= 0.6 is 38.5 Å². The molecule has 0 unspecified atom stereocenters. The first-order valence-electron chi connectivity index (χ1n) is 5.19. The molecule has 0 aliphatic heterocycles. The van der Waals surface area contributed by atoms with E-state index in [4.69, 9.17) is 0 Å². The van der Waals surface area contributed by atoms with Gasteiger partial charge in [0.1, 0.15) is 8.30 Å². The van der Waals surface area contributed by atoms with E-state index in [1.165, 1.54) is 24.4 Å². The molecule has 0 aromatic carbocycles. The highest BCUT2D eigenvalue weighted by Gasteiger charge is 2.05. The molecule has 8 heteroatoms. The van der Waals surface area contributed by atoms with Crippen LogP contribution in [0.25, 0.3) is 0 Å². The zero-order valence-corrected chi connectivity index (χ0v) is 13.5. The van der Waals surface area contributed by atoms with Crippen molar-refractivity contribution in [2.24, 2.45) is 0 Å². The Labute approximate surface area is 134 Å². The first-order valence-corrected chi connectivity index (χ1v) is 7.06. The molecule has 0 N–H and O–H groups in total. The van der Waals surface area contributed by atoms with E-state index in [0.717, 1.165) is 9.90 Å². The molecule has 0 aliphatic rings. The summed E-state index contributed by atoms with van der Waals surface area (Å²) in [6, 6.07) is 5.75. The molecule has 0 radical (unpaired) electrons. The molecule has 108 valence electrons. The summed E-state index contributed by atoms with van der Waals surface area (Å²) in [6.07, 6.45) is -2.51. The van der Waals surface area contributed by atoms with E-state index in [9.17, 15) is 17.6 Å². The second kappa shape index (κ2) is 8.50. The monoisotopic (exact) mass is 462 g/mol. The van der Waals surface area contributed by atoms with E-state index < -0.39 is 12.9 Å². The predicted octanol–water partition coefficient (Wildman–Crippen LogP) is 5.41. The Kier molecular flexibility index (Phi) is 7.35. The van der Waals surface area contributed by atoms with Gasteiger partial charge in [-0.25, -0.2) is 27.5 Å². The standard InChI is InChI=1S/C6H4BrF2N.C6H4F2IN/c7-5-2-1-4(3-10-5)6(8)9;7-6(8)4-1-2-5(9)10-3-4/h2*1-3,6H. The Morgan fingerprint density at radius 1 is 0.850 bits per heavy atom. The van der Waals surface area contributed by atoms with Crippen molar-refractivity contribution in [3.8, 4) is 0 Å². The summed E-state index contributed by atoms with van der Waals surface area (Å²) >= 11 is 5.00. The molecule has 20 heavy (non-hydrogen) atoms. The molecule has 0 saturated heterocycles. The summed E-state index contributed by atoms with van der Waals surface area (Å²) in [4.78, 5) is 7.34. The summed E-state index contributed by atoms with van der Waals surface area (Å²) in [6.45, 7) is 0. The molecule has 2 aromatic heterocycles. The van der Waals surface area contributed by atoms with E-state index in [1.807, 2.05) is 22.6 Å². The zero-order valence-electron chi connectivity index (χ0n) is 9.78. The van der Waals surface area contributed by atoms with Crippen LogP contribution in [0.15, 0.2) is 41.3 Å². The maximum atomic E-state index is 11.9. The second-order valence-electron chi connectivity index (χ2n) is 3.43. The van der Waals surface area contributed by atoms with Crippen molar-refractivity contribution in [2.45, 2.75) is 12.9 Å². The molecular formula is C12H8BrF4IN2. The molecule has 0 spiro atoms. The highest BCUT2D eigenvalue weighted by Crippen LogP contribution is 2.18. The number of halogens is 6. The van der Waals surface area contributed by atoms with Crippen LogP contribution in [0.1, 0.15) is 24.0 Å². The maximum Gasteiger partial charge on any atom is 0.265 e. The lowest BCUT2D eigenvalue weighted by atomic mass is 10.3. The molecular weight excluding hydrogens is 455 g/mol. The van der Waals surface area contributed by atoms with Crippen LogP contribution in [0, 0.1) is 3.70 Å². The van der Waals surface area contributed by atoms with Crippen molar-refractivity contribution in [3.05, 3.63) is 56.1 Å². The van der Waals surface area contributed by atoms with Crippen LogP contribution in [-0.2, 0) is 0 Å². The molecule has 0 amide bonds. The number of aromatic nitrogens is 2. The van der Waals surface area contributed by atoms with Gasteiger partial charge < -0.3 is 0 Å². The summed E-state index contributed by atoms with van der Waals surface area (Å²) < 4.78 is 48.7. The molecule has 0 atom stereocenters. The first kappa shape index (κ1) is 17.3. The number of nitrogens with zero attached hydrogens (tertiary/aromatic N) is 2. The molecule has 0 saturated carbocycles. The minimum atomic E-state index is -2.43. The Balaban J connectivity index is 0.000000200. The van der Waals surface area contributed by atoms with Gasteiger partial charge in [-0.1, -0.05) is 0 Å². The fourth-order valence-corrected chi connectivity index (χ4v) is 1.59. The van der Waals surface area contributed by atoms with Crippen molar-refractivity contribution in [3.63, 3.8) is 0 Å². The quantitative estimate of drug-likeness (QED) is 0.339. The van der Waals surface area contributed by atoms with Gasteiger partial charge >= 0.3 is 0 Å². The van der Waals surface area contributed by atoms with E-state index in [0.29, 0.717) is 4.60 Å². The SMILES string of the molecule is FC(F)c1ccc(Br)nc1.FC(F)c1ccc(I)nc1. The third-order valence-corrected chi connectivity index (χ3v) is 3.11. The third kappa shape index (κ3) is 6.12. The molecule has 0 fully saturated rings. The van der Waals surface area contributed by atoms with Crippen molar-refractivity contribution in [1.29, 1.82) is 0 Å². The maximum absolute atomic E-state index is 11.9. The lowest BCUT2D eigenvalue weighted by Crippen LogP contribution is -1.86. The minimum Gasteiger partial charge on any atom is -0.250 e. The smallest absolute Gasteiger partial charge is 0.250 e. The van der Waals surface area contributed by atoms with E-state index in [-0.39, 0.29) is 11.1 Å². The molecule has 0 bridgehead atoms. The third-order valence-electron chi connectivity index (χ3n) is 2.00. The lowest BCUT2D eigenvalue weighted by molar-refractivity contribution is 0.150. The predicted molar refractivity (Wildman–Crippen MR) is 78.8 cm³/mol. The summed E-state index contributed by atoms with van der Waals surface area (Å²) in [7, 11) is 0. The van der Waals surface area contributed by atoms with Crippen molar-refractivity contribution >= 4 is 38.5 Å². The first-order chi connectivity index (χ1) is 9.40. The van der Waals surface area contributed by atoms with Crippen molar-refractivity contribution < 1.29 is 17.6 Å². The van der Waals surface area contributed by atoms with Gasteiger partial charge in [0.15, 0.2) is 0 Å². The summed E-state index contributed by atoms with van der Waals surface area (Å²) in [5.41, 5.74) is -0.0800. The number of alkyl halides is 4. The molecule has 2 nitrogen and oxygen atoms in total. The van der Waals surface area contributed by atoms with Gasteiger partial charge in [-0.2, -0.15) is 0 Å². The molecule has 2 aromatic rings. The topological polar surface area (TPSA) is 25.8 Å². The average Bonchev–Trinajstić information content (AvgIpc) is 2.40. The van der Waals surface area contributed by atoms with Crippen LogP contribution < -0.4 is 0 Å². The minimum absolute atomic E-state index is 0.0274. The average molecular weight is 463 g/mol. The highest BCUT2D eigenvalue weighted by molar-refractivity contribution is 14.1. The van der Waals surface area contributed by atoms with Gasteiger partial charge in [0.2, 0.25) is 0 Å². The van der Waals surface area contributed by atoms with Crippen molar-refractivity contribution in [2.75, 3.05) is 0 Å². The van der Waals surface area contributed by atoms with Gasteiger partial charge in [0.05, 0.1) is 0 Å². The van der Waals surface area contributed by atoms with Crippen LogP contribution in [0.2, 0.25) is 0 Å². The van der Waals surface area contributed by atoms with Crippen molar-refractivity contribution in [1.82, 2.24) is 9.97 Å². The van der Waals surface area contributed by atoms with Gasteiger partial charge in [0, 0.05) is 23.5 Å². The lowest BCUT2D eigenvalue weighted by Gasteiger charge is -1.96. The van der Waals surface area contributed by atoms with Crippen LogP contribution in [0.4, 0.5) is 17.6 Å². The van der Waals surface area contributed by atoms with Gasteiger partial charge in [0.25, 0.3) is 12.9 Å². The Morgan fingerprint density at radius 3 is 1.70 bits per heavy atom. The summed E-state index contributed by atoms with van der Waals surface area (Å²) in [5.74, 6) is 0. The van der Waals surface area contributed by atoms with E-state index in [1.54, 1.807) is 6.07 Å². The number of pyridine rings is 2. The summed E-state index contributed by atoms with van der Waals surface area (Å²) in [5, 5.41) is 0. The molecule has 2 heterocycles. The number of hydrogen-bond donors (Lipinski definition) is 0. The van der Waals surface area contributed by atoms with Crippen LogP contribution in [0.5, 0.6) is 0 Å². The van der Waals surface area contributed by atoms with E-state index in [2.05, 4.69) is 25.9 Å². The van der Waals surface area contributed by atoms with Gasteiger partial charge in [-0.3, -0.25) is 0 Å². The highest BCUT2D eigenvalue weighted by atomic mass is 127. The van der Waals surface area contributed by atoms with E-state index >= 15 is 0 Å². The number of rotatable bonds is 2. The Morgan fingerprint density at radius 2 is 1.35 bits per heavy atom. The fraction of sp³-hybridized carbons (Fsp3) is 0.167. The normalized spacial score (nSPS) is 10.4. The fourth-order valence-electron chi connectivity index (χ4n) is 1.03. The Bertz CT molecular complexity index is 470. The zero-order chi connectivity index (χ0) is 15.1.